The van der Waals surface area contributed by atoms with Crippen LogP contribution in [0.4, 0.5) is 0 Å². The van der Waals surface area contributed by atoms with Gasteiger partial charge in [0.25, 0.3) is 0 Å². The number of aliphatic hydroxyl groups is 1. The van der Waals surface area contributed by atoms with Crippen molar-refractivity contribution in [2.75, 3.05) is 13.2 Å². The Morgan fingerprint density at radius 1 is 1.44 bits per heavy atom. The molecule has 0 aliphatic carbocycles. The van der Waals surface area contributed by atoms with E-state index in [0.717, 1.165) is 0 Å². The maximum atomic E-state index is 12.9. The van der Waals surface area contributed by atoms with Crippen LogP contribution in [0.3, 0.4) is 0 Å². The van der Waals surface area contributed by atoms with Crippen molar-refractivity contribution < 1.29 is 14.6 Å². The average molecular weight is 344 g/mol. The molecule has 9 heteroatoms. The Morgan fingerprint density at radius 2 is 2.24 bits per heavy atom. The molecule has 0 aromatic carbocycles. The number of tetrazole rings is 1. The lowest BCUT2D eigenvalue weighted by atomic mass is 10.00. The third-order valence-electron chi connectivity index (χ3n) is 4.02. The number of aryl methyl sites for hydroxylation is 2. The molecule has 0 spiro atoms. The highest BCUT2D eigenvalue weighted by molar-refractivity contribution is 5.97. The molecule has 0 fully saturated rings. The van der Waals surface area contributed by atoms with Gasteiger partial charge in [0.05, 0.1) is 24.8 Å². The number of pyridine rings is 1. The number of ketones is 1. The summed E-state index contributed by atoms with van der Waals surface area (Å²) in [5.41, 5.74) is 1.70. The molecule has 3 aromatic heterocycles. The van der Waals surface area contributed by atoms with Gasteiger partial charge in [0.1, 0.15) is 5.69 Å². The number of aromatic nitrogens is 6. The zero-order valence-corrected chi connectivity index (χ0v) is 14.4. The molecule has 3 aromatic rings. The number of imidazole rings is 1. The fourth-order valence-electron chi connectivity index (χ4n) is 2.90. The normalized spacial score (nSPS) is 12.5. The van der Waals surface area contributed by atoms with Gasteiger partial charge in [-0.1, -0.05) is 0 Å². The van der Waals surface area contributed by atoms with E-state index >= 15 is 0 Å². The highest BCUT2D eigenvalue weighted by atomic mass is 16.5. The Hall–Kier alpha value is -2.81. The lowest BCUT2D eigenvalue weighted by Gasteiger charge is -2.12. The van der Waals surface area contributed by atoms with Crippen molar-refractivity contribution in [3.05, 3.63) is 35.5 Å². The van der Waals surface area contributed by atoms with Crippen molar-refractivity contribution in [2.24, 2.45) is 7.05 Å². The van der Waals surface area contributed by atoms with Crippen molar-refractivity contribution in [2.45, 2.75) is 26.2 Å². The Morgan fingerprint density at radius 3 is 2.88 bits per heavy atom. The highest BCUT2D eigenvalue weighted by Crippen LogP contribution is 2.25. The second kappa shape index (κ2) is 6.98. The molecule has 0 amide bonds. The minimum Gasteiger partial charge on any atom is -0.490 e. The number of aliphatic hydroxyl groups excluding tert-OH is 1. The quantitative estimate of drug-likeness (QED) is 0.635. The number of carbonyl (C=O) groups is 1. The molecule has 0 aliphatic heterocycles. The first-order valence-corrected chi connectivity index (χ1v) is 8.03. The van der Waals surface area contributed by atoms with Crippen molar-refractivity contribution in [3.8, 4) is 5.75 Å². The zero-order chi connectivity index (χ0) is 18.0. The molecule has 0 saturated carbocycles. The van der Waals surface area contributed by atoms with Gasteiger partial charge >= 0.3 is 0 Å². The Balaban J connectivity index is 1.96. The van der Waals surface area contributed by atoms with Gasteiger partial charge in [0.2, 0.25) is 0 Å². The standard InChI is InChI=1S/C16H20N6O3/c1-4-25-13-6-5-7-22-14(10(2)17-16(13)22)12(24)8-11(9-23)15-18-19-20-21(15)3/h5-7,11,23H,4,8-9H2,1-3H3/t11-/m0/s1. The van der Waals surface area contributed by atoms with Gasteiger partial charge in [-0.3, -0.25) is 9.20 Å². The van der Waals surface area contributed by atoms with E-state index in [1.54, 1.807) is 24.6 Å². The van der Waals surface area contributed by atoms with Crippen LogP contribution in [-0.4, -0.2) is 53.7 Å². The van der Waals surface area contributed by atoms with Crippen LogP contribution in [0.15, 0.2) is 18.3 Å². The Bertz CT molecular complexity index is 901. The number of rotatable bonds is 7. The van der Waals surface area contributed by atoms with Gasteiger partial charge in [0, 0.05) is 19.7 Å². The summed E-state index contributed by atoms with van der Waals surface area (Å²) >= 11 is 0. The van der Waals surface area contributed by atoms with E-state index in [4.69, 9.17) is 4.74 Å². The van der Waals surface area contributed by atoms with Gasteiger partial charge in [0.15, 0.2) is 23.0 Å². The third kappa shape index (κ3) is 3.10. The minimum atomic E-state index is -0.479. The summed E-state index contributed by atoms with van der Waals surface area (Å²) in [4.78, 5) is 17.4. The third-order valence-corrected chi connectivity index (χ3v) is 4.02. The molecule has 0 radical (unpaired) electrons. The Kier molecular flexibility index (Phi) is 4.75. The summed E-state index contributed by atoms with van der Waals surface area (Å²) in [6, 6.07) is 3.63. The molecule has 1 atom stereocenters. The summed E-state index contributed by atoms with van der Waals surface area (Å²) < 4.78 is 8.77. The van der Waals surface area contributed by atoms with Crippen molar-refractivity contribution in [3.63, 3.8) is 0 Å². The zero-order valence-electron chi connectivity index (χ0n) is 14.4. The van der Waals surface area contributed by atoms with Crippen LogP contribution in [0.5, 0.6) is 5.75 Å². The Labute approximate surface area is 144 Å². The fraction of sp³-hybridized carbons (Fsp3) is 0.438. The summed E-state index contributed by atoms with van der Waals surface area (Å²) in [7, 11) is 1.68. The van der Waals surface area contributed by atoms with Crippen LogP contribution in [0, 0.1) is 6.92 Å². The van der Waals surface area contributed by atoms with E-state index in [2.05, 4.69) is 20.5 Å². The summed E-state index contributed by atoms with van der Waals surface area (Å²) in [6.45, 7) is 3.97. The van der Waals surface area contributed by atoms with E-state index in [-0.39, 0.29) is 18.8 Å². The summed E-state index contributed by atoms with van der Waals surface area (Å²) in [6.07, 6.45) is 1.86. The fourth-order valence-corrected chi connectivity index (χ4v) is 2.90. The van der Waals surface area contributed by atoms with Gasteiger partial charge in [-0.05, 0) is 36.4 Å². The molecule has 0 aliphatic rings. The SMILES string of the molecule is CCOc1cccn2c(C(=O)C[C@@H](CO)c3nnnn3C)c(C)nc12. The number of hydrogen-bond acceptors (Lipinski definition) is 7. The van der Waals surface area contributed by atoms with E-state index in [1.807, 2.05) is 19.1 Å². The van der Waals surface area contributed by atoms with Crippen LogP contribution in [0.2, 0.25) is 0 Å². The monoisotopic (exact) mass is 344 g/mol. The summed E-state index contributed by atoms with van der Waals surface area (Å²) in [5, 5.41) is 20.9. The van der Waals surface area contributed by atoms with Crippen LogP contribution < -0.4 is 4.74 Å². The van der Waals surface area contributed by atoms with Gasteiger partial charge in [-0.15, -0.1) is 5.10 Å². The van der Waals surface area contributed by atoms with E-state index in [1.165, 1.54) is 4.68 Å². The van der Waals surface area contributed by atoms with Gasteiger partial charge in [-0.25, -0.2) is 9.67 Å². The number of nitrogens with zero attached hydrogens (tertiary/aromatic N) is 6. The van der Waals surface area contributed by atoms with E-state index < -0.39 is 5.92 Å². The highest BCUT2D eigenvalue weighted by Gasteiger charge is 2.25. The first kappa shape index (κ1) is 17.0. The molecule has 25 heavy (non-hydrogen) atoms. The van der Waals surface area contributed by atoms with Crippen LogP contribution in [-0.2, 0) is 7.05 Å². The van der Waals surface area contributed by atoms with Crippen LogP contribution in [0.25, 0.3) is 5.65 Å². The van der Waals surface area contributed by atoms with Crippen molar-refractivity contribution in [1.82, 2.24) is 29.6 Å². The number of carbonyl (C=O) groups excluding carboxylic acids is 1. The molecule has 9 nitrogen and oxygen atoms in total. The predicted molar refractivity (Wildman–Crippen MR) is 88.7 cm³/mol. The number of ether oxygens (including phenoxy) is 1. The second-order valence-corrected chi connectivity index (χ2v) is 5.71. The van der Waals surface area contributed by atoms with Gasteiger partial charge < -0.3 is 9.84 Å². The molecule has 0 bridgehead atoms. The molecule has 0 saturated heterocycles. The smallest absolute Gasteiger partial charge is 0.182 e. The molecule has 132 valence electrons. The maximum absolute atomic E-state index is 12.9. The first-order chi connectivity index (χ1) is 12.1. The maximum Gasteiger partial charge on any atom is 0.182 e. The minimum absolute atomic E-state index is 0.0816. The molecule has 3 rings (SSSR count). The van der Waals surface area contributed by atoms with Crippen LogP contribution >= 0.6 is 0 Å². The molecular formula is C16H20N6O3. The number of Topliss-reactive ketones (excluding diaryl/α,β-unsaturated/α-hetero) is 1. The van der Waals surface area contributed by atoms with Crippen LogP contribution in [0.1, 0.15) is 41.3 Å². The first-order valence-electron chi connectivity index (χ1n) is 8.03. The molecule has 0 unspecified atom stereocenters. The topological polar surface area (TPSA) is 107 Å². The molecule has 1 N–H and O–H groups in total. The lowest BCUT2D eigenvalue weighted by molar-refractivity contribution is 0.0950. The summed E-state index contributed by atoms with van der Waals surface area (Å²) in [5.74, 6) is 0.480. The largest absolute Gasteiger partial charge is 0.490 e. The number of hydrogen-bond donors (Lipinski definition) is 1. The van der Waals surface area contributed by atoms with Crippen molar-refractivity contribution in [1.29, 1.82) is 0 Å². The lowest BCUT2D eigenvalue weighted by Crippen LogP contribution is -2.17. The predicted octanol–water partition coefficient (Wildman–Crippen LogP) is 0.914. The van der Waals surface area contributed by atoms with Crippen molar-refractivity contribution >= 4 is 11.4 Å². The average Bonchev–Trinajstić information content (AvgIpc) is 3.16. The number of fused-ring (bicyclic) bond motifs is 1. The molecule has 3 heterocycles. The second-order valence-electron chi connectivity index (χ2n) is 5.71. The molecular weight excluding hydrogens is 324 g/mol. The van der Waals surface area contributed by atoms with E-state index in [9.17, 15) is 9.90 Å². The van der Waals surface area contributed by atoms with Gasteiger partial charge in [-0.2, -0.15) is 0 Å². The van der Waals surface area contributed by atoms with E-state index in [0.29, 0.717) is 35.2 Å².